The summed E-state index contributed by atoms with van der Waals surface area (Å²) < 4.78 is 28.4. The highest BCUT2D eigenvalue weighted by Gasteiger charge is 2.51. The summed E-state index contributed by atoms with van der Waals surface area (Å²) in [6.07, 6.45) is -3.61. The summed E-state index contributed by atoms with van der Waals surface area (Å²) >= 11 is 0. The second kappa shape index (κ2) is 19.1. The van der Waals surface area contributed by atoms with Crippen molar-refractivity contribution < 1.29 is 58.6 Å². The fourth-order valence-electron chi connectivity index (χ4n) is 4.30. The van der Waals surface area contributed by atoms with E-state index in [1.54, 1.807) is 0 Å². The van der Waals surface area contributed by atoms with Gasteiger partial charge in [0, 0.05) is 12.8 Å². The van der Waals surface area contributed by atoms with E-state index in [0.29, 0.717) is 12.8 Å². The largest absolute Gasteiger partial charge is 0.462 e. The average Bonchev–Trinajstić information content (AvgIpc) is 2.90. The summed E-state index contributed by atoms with van der Waals surface area (Å²) in [4.78, 5) is 34.9. The molecule has 0 spiro atoms. The highest BCUT2D eigenvalue weighted by molar-refractivity contribution is 7.52. The number of hydrogen-bond donors (Lipinski definition) is 6. The van der Waals surface area contributed by atoms with Crippen LogP contribution in [-0.4, -0.2) is 97.9 Å². The fraction of sp³-hybridized carbons (Fsp3) is 0.923. The summed E-state index contributed by atoms with van der Waals surface area (Å²) in [6.45, 7) is 3.86. The lowest BCUT2D eigenvalue weighted by Gasteiger charge is -2.41. The summed E-state index contributed by atoms with van der Waals surface area (Å²) in [6, 6.07) is 0. The first-order chi connectivity index (χ1) is 18.4. The molecular formula is C26H49O12P. The van der Waals surface area contributed by atoms with E-state index in [-0.39, 0.29) is 25.9 Å². The minimum absolute atomic E-state index is 0.150. The van der Waals surface area contributed by atoms with Crippen LogP contribution in [-0.2, 0) is 28.2 Å². The SMILES string of the molecule is CCCCCCCC(=O)OCC(CCP(=O)(O)O[C@@H]1[C@@H](O)[C@H](O)[C@@H](O)[C@H](O)[C@@H]1O)OC(=O)CCCCCCC. The van der Waals surface area contributed by atoms with Crippen LogP contribution in [0.25, 0.3) is 0 Å². The highest BCUT2D eigenvalue weighted by atomic mass is 31.2. The third-order valence-electron chi connectivity index (χ3n) is 6.79. The Labute approximate surface area is 231 Å². The molecular weight excluding hydrogens is 535 g/mol. The Kier molecular flexibility index (Phi) is 17.6. The lowest BCUT2D eigenvalue weighted by molar-refractivity contribution is -0.218. The van der Waals surface area contributed by atoms with Crippen LogP contribution in [0, 0.1) is 0 Å². The van der Waals surface area contributed by atoms with Crippen molar-refractivity contribution in [2.45, 2.75) is 140 Å². The van der Waals surface area contributed by atoms with Crippen molar-refractivity contribution in [3.8, 4) is 0 Å². The number of ether oxygens (including phenoxy) is 2. The van der Waals surface area contributed by atoms with Crippen molar-refractivity contribution in [2.75, 3.05) is 12.8 Å². The van der Waals surface area contributed by atoms with Crippen LogP contribution < -0.4 is 0 Å². The zero-order chi connectivity index (χ0) is 29.4. The molecule has 0 bridgehead atoms. The van der Waals surface area contributed by atoms with Crippen molar-refractivity contribution in [3.63, 3.8) is 0 Å². The van der Waals surface area contributed by atoms with E-state index >= 15 is 0 Å². The van der Waals surface area contributed by atoms with E-state index in [1.807, 2.05) is 0 Å². The number of unbranched alkanes of at least 4 members (excludes halogenated alkanes) is 8. The Morgan fingerprint density at radius 1 is 0.718 bits per heavy atom. The minimum atomic E-state index is -4.57. The van der Waals surface area contributed by atoms with Crippen molar-refractivity contribution in [1.82, 2.24) is 0 Å². The molecule has 0 saturated heterocycles. The van der Waals surface area contributed by atoms with Crippen LogP contribution in [0.1, 0.15) is 97.3 Å². The zero-order valence-corrected chi connectivity index (χ0v) is 24.1. The van der Waals surface area contributed by atoms with E-state index in [4.69, 9.17) is 14.0 Å². The van der Waals surface area contributed by atoms with Crippen LogP contribution in [0.2, 0.25) is 0 Å². The second-order valence-electron chi connectivity index (χ2n) is 10.3. The number of carbonyl (C=O) groups excluding carboxylic acids is 2. The molecule has 2 unspecified atom stereocenters. The lowest BCUT2D eigenvalue weighted by Crippen LogP contribution is -2.64. The van der Waals surface area contributed by atoms with Crippen molar-refractivity contribution >= 4 is 19.5 Å². The van der Waals surface area contributed by atoms with Gasteiger partial charge in [-0.15, -0.1) is 0 Å². The molecule has 0 radical (unpaired) electrons. The molecule has 1 aliphatic rings. The Balaban J connectivity index is 2.70. The van der Waals surface area contributed by atoms with Crippen LogP contribution in [0.3, 0.4) is 0 Å². The standard InChI is InChI=1S/C26H49O12P/c1-3-5-7-9-11-13-19(27)36-17-18(37-20(28)14-12-10-8-6-4-2)15-16-39(34,35)38-26-24(32)22(30)21(29)23(31)25(26)33/h18,21-26,29-33H,3-17H2,1-2H3,(H,34,35)/t18?,21-,22-,23+,24-,25-,26-/m0/s1. The number of carbonyl (C=O) groups is 2. The predicted molar refractivity (Wildman–Crippen MR) is 142 cm³/mol. The summed E-state index contributed by atoms with van der Waals surface area (Å²) in [7, 11) is -4.57. The van der Waals surface area contributed by atoms with Gasteiger partial charge in [-0.1, -0.05) is 65.2 Å². The van der Waals surface area contributed by atoms with Gasteiger partial charge in [-0.05, 0) is 19.3 Å². The van der Waals surface area contributed by atoms with Crippen LogP contribution >= 0.6 is 7.60 Å². The summed E-state index contributed by atoms with van der Waals surface area (Å²) in [5.74, 6) is -0.996. The van der Waals surface area contributed by atoms with Gasteiger partial charge in [-0.3, -0.25) is 18.7 Å². The molecule has 39 heavy (non-hydrogen) atoms. The summed E-state index contributed by atoms with van der Waals surface area (Å²) in [5, 5.41) is 49.5. The van der Waals surface area contributed by atoms with Gasteiger partial charge in [0.2, 0.25) is 0 Å². The van der Waals surface area contributed by atoms with Gasteiger partial charge in [0.05, 0.1) is 6.16 Å². The molecule has 1 rings (SSSR count). The monoisotopic (exact) mass is 584 g/mol. The van der Waals surface area contributed by atoms with E-state index < -0.39 is 68.4 Å². The number of rotatable bonds is 20. The van der Waals surface area contributed by atoms with Gasteiger partial charge in [-0.2, -0.15) is 0 Å². The highest BCUT2D eigenvalue weighted by Crippen LogP contribution is 2.46. The number of aliphatic hydroxyl groups is 5. The normalized spacial score (nSPS) is 27.5. The predicted octanol–water partition coefficient (Wildman–Crippen LogP) is 1.94. The first-order valence-corrected chi connectivity index (χ1v) is 15.9. The molecule has 230 valence electrons. The zero-order valence-electron chi connectivity index (χ0n) is 23.2. The van der Waals surface area contributed by atoms with Gasteiger partial charge in [-0.25, -0.2) is 0 Å². The molecule has 13 heteroatoms. The smallest absolute Gasteiger partial charge is 0.328 e. The molecule has 0 aromatic rings. The van der Waals surface area contributed by atoms with Gasteiger partial charge in [0.1, 0.15) is 49.3 Å². The van der Waals surface area contributed by atoms with E-state index in [2.05, 4.69) is 13.8 Å². The van der Waals surface area contributed by atoms with Gasteiger partial charge < -0.3 is 39.9 Å². The molecule has 1 fully saturated rings. The van der Waals surface area contributed by atoms with Gasteiger partial charge in [0.15, 0.2) is 0 Å². The molecule has 8 atom stereocenters. The van der Waals surface area contributed by atoms with E-state index in [9.17, 15) is 44.6 Å². The first kappa shape index (κ1) is 35.9. The fourth-order valence-corrected chi connectivity index (χ4v) is 5.65. The maximum atomic E-state index is 12.7. The van der Waals surface area contributed by atoms with Gasteiger partial charge in [0.25, 0.3) is 0 Å². The average molecular weight is 585 g/mol. The van der Waals surface area contributed by atoms with Crippen LogP contribution in [0.4, 0.5) is 0 Å². The molecule has 6 N–H and O–H groups in total. The third kappa shape index (κ3) is 13.9. The lowest BCUT2D eigenvalue weighted by atomic mass is 9.85. The number of hydrogen-bond acceptors (Lipinski definition) is 11. The van der Waals surface area contributed by atoms with Crippen molar-refractivity contribution in [3.05, 3.63) is 0 Å². The van der Waals surface area contributed by atoms with Gasteiger partial charge >= 0.3 is 19.5 Å². The molecule has 0 aromatic heterocycles. The molecule has 12 nitrogen and oxygen atoms in total. The maximum absolute atomic E-state index is 12.7. The quantitative estimate of drug-likeness (QED) is 0.0691. The molecule has 0 aromatic carbocycles. The molecule has 0 aliphatic heterocycles. The van der Waals surface area contributed by atoms with E-state index in [0.717, 1.165) is 51.4 Å². The Hall–Kier alpha value is -1.11. The molecule has 0 amide bonds. The van der Waals surface area contributed by atoms with Crippen LogP contribution in [0.15, 0.2) is 0 Å². The van der Waals surface area contributed by atoms with Crippen molar-refractivity contribution in [2.24, 2.45) is 0 Å². The van der Waals surface area contributed by atoms with Crippen molar-refractivity contribution in [1.29, 1.82) is 0 Å². The third-order valence-corrected chi connectivity index (χ3v) is 8.19. The first-order valence-electron chi connectivity index (χ1n) is 14.2. The minimum Gasteiger partial charge on any atom is -0.462 e. The maximum Gasteiger partial charge on any atom is 0.328 e. The molecule has 1 saturated carbocycles. The molecule has 1 aliphatic carbocycles. The Bertz CT molecular complexity index is 734. The topological polar surface area (TPSA) is 200 Å². The summed E-state index contributed by atoms with van der Waals surface area (Å²) in [5.41, 5.74) is 0. The second-order valence-corrected chi connectivity index (χ2v) is 12.2. The van der Waals surface area contributed by atoms with Crippen LogP contribution in [0.5, 0.6) is 0 Å². The number of esters is 2. The Morgan fingerprint density at radius 3 is 1.69 bits per heavy atom. The Morgan fingerprint density at radius 2 is 1.18 bits per heavy atom. The number of aliphatic hydroxyl groups excluding tert-OH is 5. The van der Waals surface area contributed by atoms with E-state index in [1.165, 1.54) is 0 Å². The molecule has 0 heterocycles.